The van der Waals surface area contributed by atoms with Crippen molar-refractivity contribution in [2.45, 2.75) is 31.9 Å². The first-order valence-electron chi connectivity index (χ1n) is 9.70. The standard InChI is InChI=1S/C22H21N5O4S/c1-3-14(12-24-2)4-7-20(28)27-21-18(11-23)17-6-5-15(10-19(17)32-21)30-22(29)25-13-16-8-9-26-31-16/h3-4,7-9,12,15H,1-2,5-6,10,13H2,(H,25,29)(H,27,28)/b7-4+,14-12+. The highest BCUT2D eigenvalue weighted by Crippen LogP contribution is 2.38. The lowest BCUT2D eigenvalue weighted by molar-refractivity contribution is -0.111. The van der Waals surface area contributed by atoms with E-state index < -0.39 is 6.09 Å². The third-order valence-corrected chi connectivity index (χ3v) is 5.81. The highest BCUT2D eigenvalue weighted by molar-refractivity contribution is 7.16. The van der Waals surface area contributed by atoms with Crippen molar-refractivity contribution in [2.24, 2.45) is 4.99 Å². The third-order valence-electron chi connectivity index (χ3n) is 4.64. The minimum Gasteiger partial charge on any atom is -0.446 e. The molecule has 3 rings (SSSR count). The van der Waals surface area contributed by atoms with Gasteiger partial charge in [-0.1, -0.05) is 17.8 Å². The van der Waals surface area contributed by atoms with Crippen molar-refractivity contribution >= 4 is 35.1 Å². The molecule has 1 unspecified atom stereocenters. The molecule has 2 amide bonds. The van der Waals surface area contributed by atoms with Gasteiger partial charge in [0.05, 0.1) is 18.3 Å². The molecule has 0 saturated carbocycles. The van der Waals surface area contributed by atoms with E-state index in [0.29, 0.717) is 41.2 Å². The van der Waals surface area contributed by atoms with Gasteiger partial charge in [-0.15, -0.1) is 11.3 Å². The number of thiophene rings is 1. The van der Waals surface area contributed by atoms with Gasteiger partial charge in [0.2, 0.25) is 5.91 Å². The molecule has 2 N–H and O–H groups in total. The van der Waals surface area contributed by atoms with Gasteiger partial charge in [-0.05, 0) is 36.8 Å². The Kier molecular flexibility index (Phi) is 7.72. The van der Waals surface area contributed by atoms with Crippen LogP contribution in [0.1, 0.15) is 28.2 Å². The van der Waals surface area contributed by atoms with Crippen LogP contribution in [0.15, 0.2) is 58.4 Å². The van der Waals surface area contributed by atoms with E-state index in [4.69, 9.17) is 9.26 Å². The van der Waals surface area contributed by atoms with Gasteiger partial charge in [-0.3, -0.25) is 9.79 Å². The average Bonchev–Trinajstić information content (AvgIpc) is 3.42. The van der Waals surface area contributed by atoms with E-state index in [1.165, 1.54) is 29.8 Å². The smallest absolute Gasteiger partial charge is 0.407 e. The first-order chi connectivity index (χ1) is 15.5. The fourth-order valence-corrected chi connectivity index (χ4v) is 4.41. The summed E-state index contributed by atoms with van der Waals surface area (Å²) < 4.78 is 10.4. The molecule has 2 aromatic rings. The minimum atomic E-state index is -0.550. The number of aromatic nitrogens is 1. The van der Waals surface area contributed by atoms with Gasteiger partial charge >= 0.3 is 6.09 Å². The normalized spacial score (nSPS) is 15.5. The Bertz CT molecular complexity index is 1110. The molecule has 164 valence electrons. The van der Waals surface area contributed by atoms with Crippen LogP contribution in [-0.4, -0.2) is 30.0 Å². The molecular formula is C22H21N5O4S. The topological polar surface area (TPSA) is 130 Å². The molecule has 0 fully saturated rings. The number of rotatable bonds is 8. The highest BCUT2D eigenvalue weighted by Gasteiger charge is 2.28. The summed E-state index contributed by atoms with van der Waals surface area (Å²) in [7, 11) is 0. The Morgan fingerprint density at radius 3 is 3.00 bits per heavy atom. The van der Waals surface area contributed by atoms with E-state index in [2.05, 4.69) is 40.1 Å². The molecule has 0 aromatic carbocycles. The second kappa shape index (κ2) is 10.9. The number of nitrogens with one attached hydrogen (secondary N) is 2. The van der Waals surface area contributed by atoms with Crippen molar-refractivity contribution in [2.75, 3.05) is 5.32 Å². The van der Waals surface area contributed by atoms with Gasteiger partial charge < -0.3 is 19.9 Å². The van der Waals surface area contributed by atoms with Crippen molar-refractivity contribution in [1.82, 2.24) is 10.5 Å². The molecule has 0 radical (unpaired) electrons. The van der Waals surface area contributed by atoms with Crippen LogP contribution in [0.3, 0.4) is 0 Å². The van der Waals surface area contributed by atoms with Crippen molar-refractivity contribution < 1.29 is 18.8 Å². The molecule has 1 aliphatic rings. The summed E-state index contributed by atoms with van der Waals surface area (Å²) >= 11 is 1.32. The van der Waals surface area contributed by atoms with E-state index in [0.717, 1.165) is 10.4 Å². The number of amides is 2. The molecule has 1 atom stereocenters. The first kappa shape index (κ1) is 22.7. The Morgan fingerprint density at radius 1 is 1.47 bits per heavy atom. The Balaban J connectivity index is 1.62. The van der Waals surface area contributed by atoms with Crippen LogP contribution in [0.4, 0.5) is 9.80 Å². The molecule has 2 heterocycles. The van der Waals surface area contributed by atoms with Gasteiger partial charge in [0.15, 0.2) is 5.76 Å². The number of nitriles is 1. The van der Waals surface area contributed by atoms with E-state index in [1.54, 1.807) is 18.2 Å². The Hall–Kier alpha value is -3.97. The van der Waals surface area contributed by atoms with Crippen LogP contribution in [0.25, 0.3) is 0 Å². The van der Waals surface area contributed by atoms with Gasteiger partial charge in [0, 0.05) is 29.6 Å². The van der Waals surface area contributed by atoms with Crippen LogP contribution < -0.4 is 10.6 Å². The predicted molar refractivity (Wildman–Crippen MR) is 120 cm³/mol. The number of aliphatic imine (C=N–C) groups is 1. The second-order valence-corrected chi connectivity index (χ2v) is 7.87. The zero-order valence-electron chi connectivity index (χ0n) is 17.2. The number of carbonyl (C=O) groups is 2. The first-order valence-corrected chi connectivity index (χ1v) is 10.5. The molecule has 1 aliphatic carbocycles. The number of ether oxygens (including phenoxy) is 1. The summed E-state index contributed by atoms with van der Waals surface area (Å²) in [5.74, 6) is 0.146. The number of allylic oxidation sites excluding steroid dienone is 3. The molecule has 0 bridgehead atoms. The number of carbonyl (C=O) groups excluding carboxylic acids is 2. The Labute approximate surface area is 188 Å². The van der Waals surface area contributed by atoms with Gasteiger partial charge in [-0.2, -0.15) is 5.26 Å². The quantitative estimate of drug-likeness (QED) is 0.358. The maximum atomic E-state index is 12.3. The molecule has 32 heavy (non-hydrogen) atoms. The van der Waals surface area contributed by atoms with Crippen molar-refractivity contribution in [1.29, 1.82) is 5.26 Å². The van der Waals surface area contributed by atoms with E-state index >= 15 is 0 Å². The lowest BCUT2D eigenvalue weighted by Crippen LogP contribution is -2.31. The summed E-state index contributed by atoms with van der Waals surface area (Å²) in [5, 5.41) is 19.0. The van der Waals surface area contributed by atoms with E-state index in [1.807, 2.05) is 0 Å². The highest BCUT2D eigenvalue weighted by atomic mass is 32.1. The summed E-state index contributed by atoms with van der Waals surface area (Å²) in [6.45, 7) is 7.19. The van der Waals surface area contributed by atoms with Crippen molar-refractivity contribution in [3.05, 3.63) is 70.6 Å². The van der Waals surface area contributed by atoms with E-state index in [-0.39, 0.29) is 18.6 Å². The van der Waals surface area contributed by atoms with Crippen LogP contribution >= 0.6 is 11.3 Å². The maximum absolute atomic E-state index is 12.3. The van der Waals surface area contributed by atoms with Crippen molar-refractivity contribution in [3.8, 4) is 6.07 Å². The zero-order chi connectivity index (χ0) is 22.9. The maximum Gasteiger partial charge on any atom is 0.407 e. The number of fused-ring (bicyclic) bond motifs is 1. The molecule has 2 aromatic heterocycles. The zero-order valence-corrected chi connectivity index (χ0v) is 18.0. The summed E-state index contributed by atoms with van der Waals surface area (Å²) in [5.41, 5.74) is 1.97. The minimum absolute atomic E-state index is 0.184. The van der Waals surface area contributed by atoms with Crippen LogP contribution in [0, 0.1) is 11.3 Å². The molecule has 10 heteroatoms. The van der Waals surface area contributed by atoms with Crippen molar-refractivity contribution in [3.63, 3.8) is 0 Å². The predicted octanol–water partition coefficient (Wildman–Crippen LogP) is 3.66. The fraction of sp³-hybridized carbons (Fsp3) is 0.227. The number of hydrogen-bond donors (Lipinski definition) is 2. The SMILES string of the molecule is C=CC(/C=C/C(=O)Nc1sc2c(c1C#N)CCC(OC(=O)NCc1ccno1)C2)=C\N=C. The van der Waals surface area contributed by atoms with Crippen LogP contribution in [0.2, 0.25) is 0 Å². The van der Waals surface area contributed by atoms with E-state index in [9.17, 15) is 14.9 Å². The lowest BCUT2D eigenvalue weighted by atomic mass is 9.94. The summed E-state index contributed by atoms with van der Waals surface area (Å²) in [4.78, 5) is 28.9. The van der Waals surface area contributed by atoms with Gasteiger partial charge in [0.25, 0.3) is 0 Å². The second-order valence-electron chi connectivity index (χ2n) is 6.76. The summed E-state index contributed by atoms with van der Waals surface area (Å²) in [6, 6.07) is 3.83. The largest absolute Gasteiger partial charge is 0.446 e. The monoisotopic (exact) mass is 451 g/mol. The lowest BCUT2D eigenvalue weighted by Gasteiger charge is -2.22. The summed E-state index contributed by atoms with van der Waals surface area (Å²) in [6.07, 6.45) is 8.18. The molecule has 9 nitrogen and oxygen atoms in total. The van der Waals surface area contributed by atoms with Crippen LogP contribution in [-0.2, 0) is 28.9 Å². The molecular weight excluding hydrogens is 430 g/mol. The Morgan fingerprint density at radius 2 is 2.31 bits per heavy atom. The average molecular weight is 452 g/mol. The van der Waals surface area contributed by atoms with Crippen LogP contribution in [0.5, 0.6) is 0 Å². The molecule has 0 spiro atoms. The number of hydrogen-bond acceptors (Lipinski definition) is 8. The number of anilines is 1. The molecule has 0 saturated heterocycles. The van der Waals surface area contributed by atoms with Gasteiger partial charge in [-0.25, -0.2) is 4.79 Å². The van der Waals surface area contributed by atoms with Gasteiger partial charge in [0.1, 0.15) is 17.2 Å². The third kappa shape index (κ3) is 5.80. The molecule has 0 aliphatic heterocycles. The number of nitrogens with zero attached hydrogens (tertiary/aromatic N) is 3. The fourth-order valence-electron chi connectivity index (χ4n) is 3.14. The number of alkyl carbamates (subject to hydrolysis) is 1.